The molecule has 0 unspecified atom stereocenters. The van der Waals surface area contributed by atoms with E-state index in [1.807, 2.05) is 36.4 Å². The summed E-state index contributed by atoms with van der Waals surface area (Å²) >= 11 is 0. The van der Waals surface area contributed by atoms with Crippen molar-refractivity contribution in [2.75, 3.05) is 17.2 Å². The Bertz CT molecular complexity index is 508. The summed E-state index contributed by atoms with van der Waals surface area (Å²) in [5.74, 6) is -0.203. The molecule has 2 aromatic rings. The fourth-order valence-corrected chi connectivity index (χ4v) is 1.92. The molecular formula is C15H17FN2. The molecule has 0 radical (unpaired) electrons. The lowest BCUT2D eigenvalue weighted by Crippen LogP contribution is -2.22. The first-order valence-corrected chi connectivity index (χ1v) is 6.04. The van der Waals surface area contributed by atoms with Gasteiger partial charge >= 0.3 is 0 Å². The van der Waals surface area contributed by atoms with Gasteiger partial charge in [0.05, 0.1) is 0 Å². The largest absolute Gasteiger partial charge is 0.399 e. The minimum absolute atomic E-state index is 0.203. The highest BCUT2D eigenvalue weighted by Crippen LogP contribution is 2.19. The minimum Gasteiger partial charge on any atom is -0.399 e. The van der Waals surface area contributed by atoms with Crippen molar-refractivity contribution in [1.29, 1.82) is 0 Å². The molecule has 0 fully saturated rings. The number of nitrogens with two attached hydrogens (primary N) is 1. The van der Waals surface area contributed by atoms with Crippen molar-refractivity contribution < 1.29 is 4.39 Å². The van der Waals surface area contributed by atoms with E-state index in [-0.39, 0.29) is 5.82 Å². The molecule has 3 heteroatoms. The van der Waals surface area contributed by atoms with Crippen LogP contribution in [0.5, 0.6) is 0 Å². The van der Waals surface area contributed by atoms with Crippen molar-refractivity contribution in [2.24, 2.45) is 0 Å². The van der Waals surface area contributed by atoms with Crippen LogP contribution >= 0.6 is 0 Å². The molecule has 0 atom stereocenters. The summed E-state index contributed by atoms with van der Waals surface area (Å²) in [6, 6.07) is 14.4. The van der Waals surface area contributed by atoms with E-state index in [2.05, 4.69) is 11.8 Å². The van der Waals surface area contributed by atoms with E-state index in [0.29, 0.717) is 0 Å². The Kier molecular flexibility index (Phi) is 3.82. The topological polar surface area (TPSA) is 29.3 Å². The average molecular weight is 244 g/mol. The van der Waals surface area contributed by atoms with Crippen molar-refractivity contribution in [3.8, 4) is 0 Å². The van der Waals surface area contributed by atoms with Crippen molar-refractivity contribution in [1.82, 2.24) is 0 Å². The normalized spacial score (nSPS) is 10.3. The van der Waals surface area contributed by atoms with E-state index in [4.69, 9.17) is 5.73 Å². The first-order valence-electron chi connectivity index (χ1n) is 6.04. The lowest BCUT2D eigenvalue weighted by atomic mass is 10.2. The SMILES string of the molecule is CCN(Cc1ccc(F)cc1)c1cccc(N)c1. The van der Waals surface area contributed by atoms with Crippen LogP contribution in [-0.2, 0) is 6.54 Å². The number of hydrogen-bond acceptors (Lipinski definition) is 2. The maximum absolute atomic E-state index is 12.9. The minimum atomic E-state index is -0.203. The first-order chi connectivity index (χ1) is 8.69. The summed E-state index contributed by atoms with van der Waals surface area (Å²) in [7, 11) is 0. The molecule has 0 heterocycles. The summed E-state index contributed by atoms with van der Waals surface area (Å²) < 4.78 is 12.9. The quantitative estimate of drug-likeness (QED) is 0.835. The fraction of sp³-hybridized carbons (Fsp3) is 0.200. The molecule has 0 bridgehead atoms. The predicted molar refractivity (Wildman–Crippen MR) is 74.0 cm³/mol. The molecule has 0 aliphatic carbocycles. The molecule has 18 heavy (non-hydrogen) atoms. The summed E-state index contributed by atoms with van der Waals surface area (Å²) in [5.41, 5.74) is 8.71. The van der Waals surface area contributed by atoms with E-state index < -0.39 is 0 Å². The van der Waals surface area contributed by atoms with Crippen LogP contribution in [0.15, 0.2) is 48.5 Å². The number of hydrogen-bond donors (Lipinski definition) is 1. The molecule has 0 saturated carbocycles. The van der Waals surface area contributed by atoms with Crippen LogP contribution in [-0.4, -0.2) is 6.54 Å². The Morgan fingerprint density at radius 2 is 1.83 bits per heavy atom. The number of anilines is 2. The first kappa shape index (κ1) is 12.4. The van der Waals surface area contributed by atoms with Gasteiger partial charge in [0.15, 0.2) is 0 Å². The van der Waals surface area contributed by atoms with Gasteiger partial charge in [0, 0.05) is 24.5 Å². The molecular weight excluding hydrogens is 227 g/mol. The highest BCUT2D eigenvalue weighted by atomic mass is 19.1. The van der Waals surface area contributed by atoms with Crippen LogP contribution in [0.2, 0.25) is 0 Å². The second-order valence-electron chi connectivity index (χ2n) is 4.24. The number of rotatable bonds is 4. The smallest absolute Gasteiger partial charge is 0.123 e. The van der Waals surface area contributed by atoms with E-state index in [1.54, 1.807) is 0 Å². The Morgan fingerprint density at radius 3 is 2.44 bits per heavy atom. The molecule has 2 nitrogen and oxygen atoms in total. The van der Waals surface area contributed by atoms with Crippen LogP contribution in [0, 0.1) is 5.82 Å². The monoisotopic (exact) mass is 244 g/mol. The second kappa shape index (κ2) is 5.54. The van der Waals surface area contributed by atoms with Gasteiger partial charge in [-0.15, -0.1) is 0 Å². The van der Waals surface area contributed by atoms with Crippen LogP contribution in [0.3, 0.4) is 0 Å². The van der Waals surface area contributed by atoms with Gasteiger partial charge in [-0.05, 0) is 42.8 Å². The molecule has 0 saturated heterocycles. The third kappa shape index (κ3) is 3.00. The zero-order chi connectivity index (χ0) is 13.0. The second-order valence-corrected chi connectivity index (χ2v) is 4.24. The summed E-state index contributed by atoms with van der Waals surface area (Å²) in [4.78, 5) is 2.20. The Morgan fingerprint density at radius 1 is 1.11 bits per heavy atom. The summed E-state index contributed by atoms with van der Waals surface area (Å²) in [5, 5.41) is 0. The Balaban J connectivity index is 2.17. The van der Waals surface area contributed by atoms with Gasteiger partial charge in [-0.1, -0.05) is 18.2 Å². The third-order valence-corrected chi connectivity index (χ3v) is 2.90. The zero-order valence-corrected chi connectivity index (χ0v) is 10.4. The van der Waals surface area contributed by atoms with Gasteiger partial charge in [-0.2, -0.15) is 0 Å². The van der Waals surface area contributed by atoms with Crippen molar-refractivity contribution in [3.05, 3.63) is 59.9 Å². The number of halogens is 1. The number of nitrogens with zero attached hydrogens (tertiary/aromatic N) is 1. The molecule has 2 rings (SSSR count). The van der Waals surface area contributed by atoms with Gasteiger partial charge < -0.3 is 10.6 Å². The molecule has 94 valence electrons. The van der Waals surface area contributed by atoms with Crippen molar-refractivity contribution in [3.63, 3.8) is 0 Å². The number of nitrogen functional groups attached to an aromatic ring is 1. The highest BCUT2D eigenvalue weighted by Gasteiger charge is 2.05. The lowest BCUT2D eigenvalue weighted by molar-refractivity contribution is 0.626. The molecule has 0 spiro atoms. The van der Waals surface area contributed by atoms with Crippen LogP contribution in [0.25, 0.3) is 0 Å². The Labute approximate surface area is 107 Å². The summed E-state index contributed by atoms with van der Waals surface area (Å²) in [6.07, 6.45) is 0. The van der Waals surface area contributed by atoms with Gasteiger partial charge in [-0.25, -0.2) is 4.39 Å². The van der Waals surface area contributed by atoms with Gasteiger partial charge in [0.25, 0.3) is 0 Å². The van der Waals surface area contributed by atoms with Crippen LogP contribution in [0.4, 0.5) is 15.8 Å². The van der Waals surface area contributed by atoms with E-state index in [0.717, 1.165) is 30.0 Å². The lowest BCUT2D eigenvalue weighted by Gasteiger charge is -2.23. The van der Waals surface area contributed by atoms with Gasteiger partial charge in [0.1, 0.15) is 5.82 Å². The maximum atomic E-state index is 12.9. The van der Waals surface area contributed by atoms with Crippen LogP contribution < -0.4 is 10.6 Å². The molecule has 2 aromatic carbocycles. The molecule has 0 aromatic heterocycles. The molecule has 0 aliphatic heterocycles. The van der Waals surface area contributed by atoms with Gasteiger partial charge in [0.2, 0.25) is 0 Å². The third-order valence-electron chi connectivity index (χ3n) is 2.90. The van der Waals surface area contributed by atoms with E-state index >= 15 is 0 Å². The summed E-state index contributed by atoms with van der Waals surface area (Å²) in [6.45, 7) is 3.72. The highest BCUT2D eigenvalue weighted by molar-refractivity contribution is 5.56. The number of benzene rings is 2. The van der Waals surface area contributed by atoms with E-state index in [1.165, 1.54) is 12.1 Å². The van der Waals surface area contributed by atoms with E-state index in [9.17, 15) is 4.39 Å². The maximum Gasteiger partial charge on any atom is 0.123 e. The van der Waals surface area contributed by atoms with Crippen LogP contribution in [0.1, 0.15) is 12.5 Å². The van der Waals surface area contributed by atoms with Gasteiger partial charge in [-0.3, -0.25) is 0 Å². The Hall–Kier alpha value is -2.03. The molecule has 0 amide bonds. The molecule has 2 N–H and O–H groups in total. The fourth-order valence-electron chi connectivity index (χ4n) is 1.92. The zero-order valence-electron chi connectivity index (χ0n) is 10.4. The van der Waals surface area contributed by atoms with Crippen molar-refractivity contribution >= 4 is 11.4 Å². The standard InChI is InChI=1S/C15H17FN2/c1-2-18(15-5-3-4-14(17)10-15)11-12-6-8-13(16)9-7-12/h3-10H,2,11,17H2,1H3. The molecule has 0 aliphatic rings. The van der Waals surface area contributed by atoms with Crippen molar-refractivity contribution in [2.45, 2.75) is 13.5 Å². The predicted octanol–water partition coefficient (Wildman–Crippen LogP) is 3.43. The average Bonchev–Trinajstić information content (AvgIpc) is 2.38.